The Labute approximate surface area is 85.5 Å². The Morgan fingerprint density at radius 1 is 1.00 bits per heavy atom. The van der Waals surface area contributed by atoms with Crippen molar-refractivity contribution in [2.75, 3.05) is 6.61 Å². The van der Waals surface area contributed by atoms with Crippen LogP contribution in [0.3, 0.4) is 0 Å². The molecule has 0 amide bonds. The van der Waals surface area contributed by atoms with Crippen LogP contribution in [-0.4, -0.2) is 14.5 Å². The average molecular weight is 220 g/mol. The number of benzene rings is 1. The molecule has 0 radical (unpaired) electrons. The van der Waals surface area contributed by atoms with E-state index in [9.17, 15) is 17.6 Å². The third-order valence-corrected chi connectivity index (χ3v) is 1.89. The van der Waals surface area contributed by atoms with Crippen molar-refractivity contribution in [3.8, 4) is 5.75 Å². The third kappa shape index (κ3) is 2.08. The third-order valence-electron chi connectivity index (χ3n) is 1.89. The van der Waals surface area contributed by atoms with Crippen LogP contribution in [0.2, 0.25) is 0 Å². The Morgan fingerprint density at radius 3 is 1.87 bits per heavy atom. The number of halogens is 4. The number of hydrogen-bond donors (Lipinski definition) is 0. The van der Waals surface area contributed by atoms with E-state index in [0.717, 1.165) is 7.85 Å². The van der Waals surface area contributed by atoms with E-state index < -0.39 is 34.5 Å². The molecule has 1 rings (SSSR count). The Bertz CT molecular complexity index is 352. The fourth-order valence-electron chi connectivity index (χ4n) is 1.05. The Morgan fingerprint density at radius 2 is 1.47 bits per heavy atom. The van der Waals surface area contributed by atoms with E-state index in [4.69, 9.17) is 0 Å². The normalized spacial score (nSPS) is 10.5. The highest BCUT2D eigenvalue weighted by Gasteiger charge is 2.23. The van der Waals surface area contributed by atoms with Gasteiger partial charge in [0.2, 0.25) is 11.6 Å². The predicted molar refractivity (Wildman–Crippen MR) is 50.2 cm³/mol. The van der Waals surface area contributed by atoms with Gasteiger partial charge in [0.15, 0.2) is 17.4 Å². The van der Waals surface area contributed by atoms with Crippen molar-refractivity contribution in [2.45, 2.75) is 13.3 Å². The molecule has 15 heavy (non-hydrogen) atoms. The minimum atomic E-state index is -1.49. The van der Waals surface area contributed by atoms with Gasteiger partial charge in [0.05, 0.1) is 6.61 Å². The van der Waals surface area contributed by atoms with Crippen molar-refractivity contribution in [1.82, 2.24) is 0 Å². The molecule has 6 heteroatoms. The summed E-state index contributed by atoms with van der Waals surface area (Å²) < 4.78 is 56.8. The van der Waals surface area contributed by atoms with Crippen LogP contribution in [0.1, 0.15) is 13.3 Å². The molecule has 0 saturated heterocycles. The van der Waals surface area contributed by atoms with Gasteiger partial charge in [-0.1, -0.05) is 6.92 Å². The first kappa shape index (κ1) is 11.9. The SMILES string of the molecule is Bc1c(F)c(F)c(OCCC)c(F)c1F. The van der Waals surface area contributed by atoms with Crippen molar-refractivity contribution in [1.29, 1.82) is 0 Å². The lowest BCUT2D eigenvalue weighted by Crippen LogP contribution is -2.20. The van der Waals surface area contributed by atoms with Crippen LogP contribution in [-0.2, 0) is 0 Å². The average Bonchev–Trinajstić information content (AvgIpc) is 2.24. The maximum absolute atomic E-state index is 13.1. The first-order valence-electron chi connectivity index (χ1n) is 4.46. The van der Waals surface area contributed by atoms with Gasteiger partial charge in [0.1, 0.15) is 7.85 Å². The molecule has 0 aliphatic rings. The van der Waals surface area contributed by atoms with E-state index in [1.54, 1.807) is 6.92 Å². The molecule has 82 valence electrons. The van der Waals surface area contributed by atoms with Crippen molar-refractivity contribution in [2.24, 2.45) is 0 Å². The predicted octanol–water partition coefficient (Wildman–Crippen LogP) is 1.29. The maximum atomic E-state index is 13.1. The van der Waals surface area contributed by atoms with E-state index in [1.807, 2.05) is 0 Å². The summed E-state index contributed by atoms with van der Waals surface area (Å²) in [6, 6.07) is 0. The molecule has 0 N–H and O–H groups in total. The van der Waals surface area contributed by atoms with E-state index >= 15 is 0 Å². The Hall–Kier alpha value is -1.20. The van der Waals surface area contributed by atoms with E-state index in [2.05, 4.69) is 4.74 Å². The van der Waals surface area contributed by atoms with Crippen molar-refractivity contribution < 1.29 is 22.3 Å². The number of hydrogen-bond acceptors (Lipinski definition) is 1. The second-order valence-electron chi connectivity index (χ2n) is 3.06. The molecule has 0 unspecified atom stereocenters. The highest BCUT2D eigenvalue weighted by Crippen LogP contribution is 2.24. The van der Waals surface area contributed by atoms with Gasteiger partial charge in [-0.25, -0.2) is 8.78 Å². The summed E-state index contributed by atoms with van der Waals surface area (Å²) in [5.41, 5.74) is -0.686. The molecule has 0 aliphatic carbocycles. The van der Waals surface area contributed by atoms with Crippen LogP contribution in [0.15, 0.2) is 0 Å². The molecule has 1 aromatic rings. The molecule has 0 atom stereocenters. The summed E-state index contributed by atoms with van der Waals surface area (Å²) >= 11 is 0. The lowest BCUT2D eigenvalue weighted by molar-refractivity contribution is 0.273. The first-order chi connectivity index (χ1) is 7.00. The van der Waals surface area contributed by atoms with Gasteiger partial charge < -0.3 is 4.74 Å². The quantitative estimate of drug-likeness (QED) is 0.423. The maximum Gasteiger partial charge on any atom is 0.203 e. The fraction of sp³-hybridized carbons (Fsp3) is 0.333. The molecule has 0 heterocycles. The van der Waals surface area contributed by atoms with Crippen molar-refractivity contribution in [3.63, 3.8) is 0 Å². The van der Waals surface area contributed by atoms with Crippen LogP contribution in [0, 0.1) is 23.3 Å². The molecule has 1 nitrogen and oxygen atoms in total. The molecule has 0 aliphatic heterocycles. The lowest BCUT2D eigenvalue weighted by Gasteiger charge is -2.10. The minimum Gasteiger partial charge on any atom is -0.487 e. The molecule has 0 saturated carbocycles. The second-order valence-corrected chi connectivity index (χ2v) is 3.06. The standard InChI is InChI=1S/C9H9BF4O/c1-2-3-15-9-7(13)5(11)4(10)6(12)8(9)14/h2-3,10H2,1H3. The van der Waals surface area contributed by atoms with Crippen LogP contribution in [0.4, 0.5) is 17.6 Å². The molecule has 0 fully saturated rings. The Kier molecular flexibility index (Phi) is 3.60. The largest absolute Gasteiger partial charge is 0.487 e. The first-order valence-corrected chi connectivity index (χ1v) is 4.46. The summed E-state index contributed by atoms with van der Waals surface area (Å²) in [5, 5.41) is 0. The van der Waals surface area contributed by atoms with Crippen molar-refractivity contribution in [3.05, 3.63) is 23.3 Å². The monoisotopic (exact) mass is 220 g/mol. The van der Waals surface area contributed by atoms with Crippen molar-refractivity contribution >= 4 is 13.3 Å². The summed E-state index contributed by atoms with van der Waals surface area (Å²) in [6.07, 6.45) is 0.482. The van der Waals surface area contributed by atoms with Gasteiger partial charge in [-0.3, -0.25) is 0 Å². The fourth-order valence-corrected chi connectivity index (χ4v) is 1.05. The highest BCUT2D eigenvalue weighted by atomic mass is 19.2. The van der Waals surface area contributed by atoms with Gasteiger partial charge in [0, 0.05) is 0 Å². The molecule has 1 aromatic carbocycles. The smallest absolute Gasteiger partial charge is 0.203 e. The number of rotatable bonds is 3. The lowest BCUT2D eigenvalue weighted by atomic mass is 9.94. The van der Waals surface area contributed by atoms with Crippen LogP contribution in [0.25, 0.3) is 0 Å². The summed E-state index contributed by atoms with van der Waals surface area (Å²) in [6.45, 7) is 1.70. The minimum absolute atomic E-state index is 0.00419. The summed E-state index contributed by atoms with van der Waals surface area (Å²) in [4.78, 5) is 0. The zero-order chi connectivity index (χ0) is 11.6. The van der Waals surface area contributed by atoms with E-state index in [-0.39, 0.29) is 6.61 Å². The van der Waals surface area contributed by atoms with Gasteiger partial charge in [-0.05, 0) is 11.9 Å². The second kappa shape index (κ2) is 4.55. The topological polar surface area (TPSA) is 9.23 Å². The molecule has 0 bridgehead atoms. The highest BCUT2D eigenvalue weighted by molar-refractivity contribution is 6.32. The zero-order valence-electron chi connectivity index (χ0n) is 8.33. The molecular weight excluding hydrogens is 211 g/mol. The Balaban J connectivity index is 3.26. The van der Waals surface area contributed by atoms with E-state index in [1.165, 1.54) is 0 Å². The van der Waals surface area contributed by atoms with Crippen LogP contribution in [0.5, 0.6) is 5.75 Å². The van der Waals surface area contributed by atoms with Gasteiger partial charge >= 0.3 is 0 Å². The molecule has 0 aromatic heterocycles. The van der Waals surface area contributed by atoms with Crippen LogP contribution >= 0.6 is 0 Å². The van der Waals surface area contributed by atoms with E-state index in [0.29, 0.717) is 6.42 Å². The zero-order valence-corrected chi connectivity index (χ0v) is 8.33. The summed E-state index contributed by atoms with van der Waals surface area (Å²) in [7, 11) is 0.959. The van der Waals surface area contributed by atoms with Gasteiger partial charge in [0.25, 0.3) is 0 Å². The van der Waals surface area contributed by atoms with Gasteiger partial charge in [-0.2, -0.15) is 8.78 Å². The number of ether oxygens (including phenoxy) is 1. The van der Waals surface area contributed by atoms with Gasteiger partial charge in [-0.15, -0.1) is 0 Å². The molecular formula is C9H9BF4O. The molecule has 0 spiro atoms. The van der Waals surface area contributed by atoms with Crippen LogP contribution < -0.4 is 10.2 Å². The summed E-state index contributed by atoms with van der Waals surface area (Å²) in [5.74, 6) is -6.79.